The summed E-state index contributed by atoms with van der Waals surface area (Å²) < 4.78 is 30.5. The van der Waals surface area contributed by atoms with Crippen molar-refractivity contribution in [2.24, 2.45) is 0 Å². The van der Waals surface area contributed by atoms with E-state index in [1.54, 1.807) is 0 Å². The summed E-state index contributed by atoms with van der Waals surface area (Å²) in [5, 5.41) is 0. The summed E-state index contributed by atoms with van der Waals surface area (Å²) in [6.07, 6.45) is 1.04. The number of hydrogen-bond donors (Lipinski definition) is 0. The standard InChI is InChI=1S/C6H12O4S/c7-11(8)5-2-6-9-3-1-4-10-6/h6H,1-5H2,(H,7,8)/p-1. The second kappa shape index (κ2) is 4.82. The zero-order chi connectivity index (χ0) is 8.10. The van der Waals surface area contributed by atoms with Crippen LogP contribution < -0.4 is 0 Å². The molecular weight excluding hydrogens is 168 g/mol. The smallest absolute Gasteiger partial charge is 0.158 e. The SMILES string of the molecule is O=S([O-])CCC1OCCCO1. The molecule has 0 radical (unpaired) electrons. The summed E-state index contributed by atoms with van der Waals surface area (Å²) in [4.78, 5) is 0. The van der Waals surface area contributed by atoms with Crippen LogP contribution in [0.1, 0.15) is 12.8 Å². The molecule has 1 heterocycles. The molecule has 1 fully saturated rings. The third-order valence-corrected chi connectivity index (χ3v) is 1.99. The van der Waals surface area contributed by atoms with Crippen LogP contribution in [0.5, 0.6) is 0 Å². The van der Waals surface area contributed by atoms with E-state index in [4.69, 9.17) is 9.47 Å². The average Bonchev–Trinajstić information content (AvgIpc) is 2.03. The van der Waals surface area contributed by atoms with E-state index in [9.17, 15) is 8.76 Å². The van der Waals surface area contributed by atoms with Crippen molar-refractivity contribution in [3.63, 3.8) is 0 Å². The molecule has 0 aliphatic carbocycles. The van der Waals surface area contributed by atoms with Crippen LogP contribution in [-0.4, -0.2) is 34.0 Å². The maximum Gasteiger partial charge on any atom is 0.158 e. The minimum absolute atomic E-state index is 0.116. The van der Waals surface area contributed by atoms with E-state index in [1.807, 2.05) is 0 Å². The molecule has 1 saturated heterocycles. The fraction of sp³-hybridized carbons (Fsp3) is 1.00. The molecule has 0 aromatic heterocycles. The highest BCUT2D eigenvalue weighted by atomic mass is 32.2. The highest BCUT2D eigenvalue weighted by Gasteiger charge is 2.12. The second-order valence-electron chi connectivity index (χ2n) is 2.32. The van der Waals surface area contributed by atoms with Crippen LogP contribution in [0.25, 0.3) is 0 Å². The van der Waals surface area contributed by atoms with Crippen LogP contribution in [0.4, 0.5) is 0 Å². The molecule has 0 bridgehead atoms. The van der Waals surface area contributed by atoms with Crippen LogP contribution in [0.2, 0.25) is 0 Å². The van der Waals surface area contributed by atoms with Gasteiger partial charge in [-0.2, -0.15) is 0 Å². The van der Waals surface area contributed by atoms with E-state index in [0.717, 1.165) is 6.42 Å². The predicted octanol–water partition coefficient (Wildman–Crippen LogP) is 0.0186. The van der Waals surface area contributed by atoms with Crippen LogP contribution >= 0.6 is 0 Å². The monoisotopic (exact) mass is 179 g/mol. The Hall–Kier alpha value is 0.0300. The third kappa shape index (κ3) is 3.81. The first-order valence-electron chi connectivity index (χ1n) is 3.58. The Morgan fingerprint density at radius 2 is 2.09 bits per heavy atom. The average molecular weight is 179 g/mol. The Morgan fingerprint density at radius 3 is 2.64 bits per heavy atom. The van der Waals surface area contributed by atoms with Crippen molar-refractivity contribution in [3.8, 4) is 0 Å². The van der Waals surface area contributed by atoms with Gasteiger partial charge in [0.15, 0.2) is 6.29 Å². The lowest BCUT2D eigenvalue weighted by molar-refractivity contribution is -0.178. The first-order chi connectivity index (χ1) is 5.29. The van der Waals surface area contributed by atoms with Gasteiger partial charge in [-0.15, -0.1) is 0 Å². The zero-order valence-corrected chi connectivity index (χ0v) is 6.97. The Morgan fingerprint density at radius 1 is 1.45 bits per heavy atom. The largest absolute Gasteiger partial charge is 0.772 e. The van der Waals surface area contributed by atoms with E-state index < -0.39 is 11.1 Å². The van der Waals surface area contributed by atoms with Crippen molar-refractivity contribution in [1.82, 2.24) is 0 Å². The lowest BCUT2D eigenvalue weighted by Crippen LogP contribution is -2.26. The van der Waals surface area contributed by atoms with E-state index in [-0.39, 0.29) is 12.0 Å². The molecule has 0 amide bonds. The first kappa shape index (κ1) is 9.12. The molecule has 4 nitrogen and oxygen atoms in total. The van der Waals surface area contributed by atoms with E-state index in [1.165, 1.54) is 0 Å². The predicted molar refractivity (Wildman–Crippen MR) is 38.7 cm³/mol. The van der Waals surface area contributed by atoms with Crippen molar-refractivity contribution >= 4 is 11.1 Å². The van der Waals surface area contributed by atoms with Crippen molar-refractivity contribution in [2.45, 2.75) is 19.1 Å². The normalized spacial score (nSPS) is 23.4. The summed E-state index contributed by atoms with van der Waals surface area (Å²) in [7, 11) is 0. The van der Waals surface area contributed by atoms with Gasteiger partial charge in [0.05, 0.1) is 13.2 Å². The molecule has 1 aliphatic rings. The maximum absolute atomic E-state index is 10.1. The highest BCUT2D eigenvalue weighted by Crippen LogP contribution is 2.08. The molecule has 0 N–H and O–H groups in total. The van der Waals surface area contributed by atoms with E-state index in [2.05, 4.69) is 0 Å². The highest BCUT2D eigenvalue weighted by molar-refractivity contribution is 7.79. The van der Waals surface area contributed by atoms with Gasteiger partial charge < -0.3 is 14.0 Å². The molecule has 0 spiro atoms. The fourth-order valence-corrected chi connectivity index (χ4v) is 1.28. The zero-order valence-electron chi connectivity index (χ0n) is 6.15. The van der Waals surface area contributed by atoms with Gasteiger partial charge in [0.2, 0.25) is 0 Å². The Bertz CT molecular complexity index is 133. The molecule has 11 heavy (non-hydrogen) atoms. The summed E-state index contributed by atoms with van der Waals surface area (Å²) in [5.41, 5.74) is 0. The molecule has 1 unspecified atom stereocenters. The topological polar surface area (TPSA) is 58.6 Å². The molecule has 0 aromatic rings. The van der Waals surface area contributed by atoms with Gasteiger partial charge in [-0.3, -0.25) is 4.21 Å². The third-order valence-electron chi connectivity index (χ3n) is 1.42. The molecule has 0 aromatic carbocycles. The second-order valence-corrected chi connectivity index (χ2v) is 3.34. The summed E-state index contributed by atoms with van der Waals surface area (Å²) in [6, 6.07) is 0. The van der Waals surface area contributed by atoms with Gasteiger partial charge >= 0.3 is 0 Å². The van der Waals surface area contributed by atoms with Gasteiger partial charge in [0, 0.05) is 12.2 Å². The first-order valence-corrected chi connectivity index (χ1v) is 4.82. The van der Waals surface area contributed by atoms with E-state index in [0.29, 0.717) is 19.6 Å². The molecular formula is C6H11O4S-. The van der Waals surface area contributed by atoms with Crippen LogP contribution in [0, 0.1) is 0 Å². The quantitative estimate of drug-likeness (QED) is 0.573. The molecule has 66 valence electrons. The molecule has 1 atom stereocenters. The lowest BCUT2D eigenvalue weighted by atomic mass is 10.4. The maximum atomic E-state index is 10.1. The summed E-state index contributed by atoms with van der Waals surface area (Å²) in [6.45, 7) is 1.35. The summed E-state index contributed by atoms with van der Waals surface area (Å²) >= 11 is -1.98. The van der Waals surface area contributed by atoms with E-state index >= 15 is 0 Å². The minimum atomic E-state index is -1.98. The number of hydrogen-bond acceptors (Lipinski definition) is 4. The lowest BCUT2D eigenvalue weighted by Gasteiger charge is -2.23. The van der Waals surface area contributed by atoms with Gasteiger partial charge in [0.25, 0.3) is 0 Å². The van der Waals surface area contributed by atoms with Gasteiger partial charge in [-0.25, -0.2) is 0 Å². The molecule has 0 saturated carbocycles. The molecule has 1 rings (SSSR count). The van der Waals surface area contributed by atoms with Crippen LogP contribution in [0.15, 0.2) is 0 Å². The van der Waals surface area contributed by atoms with Gasteiger partial charge in [0.1, 0.15) is 0 Å². The fourth-order valence-electron chi connectivity index (χ4n) is 0.896. The Labute approximate surface area is 68.2 Å². The molecule has 5 heteroatoms. The van der Waals surface area contributed by atoms with Crippen molar-refractivity contribution in [1.29, 1.82) is 0 Å². The Balaban J connectivity index is 2.09. The van der Waals surface area contributed by atoms with Crippen LogP contribution in [0.3, 0.4) is 0 Å². The summed E-state index contributed by atoms with van der Waals surface area (Å²) in [5.74, 6) is 0.116. The molecule has 1 aliphatic heterocycles. The minimum Gasteiger partial charge on any atom is -0.772 e. The Kier molecular flexibility index (Phi) is 3.99. The van der Waals surface area contributed by atoms with Crippen molar-refractivity contribution in [3.05, 3.63) is 0 Å². The van der Waals surface area contributed by atoms with Crippen molar-refractivity contribution < 1.29 is 18.2 Å². The number of ether oxygens (including phenoxy) is 2. The van der Waals surface area contributed by atoms with Gasteiger partial charge in [-0.1, -0.05) is 11.1 Å². The van der Waals surface area contributed by atoms with Crippen LogP contribution in [-0.2, 0) is 20.6 Å². The van der Waals surface area contributed by atoms with Gasteiger partial charge in [-0.05, 0) is 6.42 Å². The van der Waals surface area contributed by atoms with Crippen molar-refractivity contribution in [2.75, 3.05) is 19.0 Å². The number of rotatable bonds is 3.